The van der Waals surface area contributed by atoms with Crippen LogP contribution < -0.4 is 9.47 Å². The van der Waals surface area contributed by atoms with Gasteiger partial charge in [0.25, 0.3) is 0 Å². The number of nitrogens with zero attached hydrogens (tertiary/aromatic N) is 1. The van der Waals surface area contributed by atoms with E-state index in [1.54, 1.807) is 0 Å². The normalized spacial score (nSPS) is 30.6. The highest BCUT2D eigenvalue weighted by molar-refractivity contribution is 5.49. The number of hydrogen-bond donors (Lipinski definition) is 0. The van der Waals surface area contributed by atoms with Gasteiger partial charge in [-0.2, -0.15) is 5.26 Å². The number of ether oxygens (including phenoxy) is 2. The van der Waals surface area contributed by atoms with Crippen LogP contribution in [0.3, 0.4) is 0 Å². The number of benzene rings is 1. The predicted molar refractivity (Wildman–Crippen MR) is 58.3 cm³/mol. The van der Waals surface area contributed by atoms with Crippen molar-refractivity contribution in [2.75, 3.05) is 6.79 Å². The molecular formula is C13H13NO2. The minimum Gasteiger partial charge on any atom is -0.454 e. The Morgan fingerprint density at radius 3 is 2.75 bits per heavy atom. The summed E-state index contributed by atoms with van der Waals surface area (Å²) in [5.41, 5.74) is 0.776. The molecule has 82 valence electrons. The molecule has 0 atom stereocenters. The summed E-state index contributed by atoms with van der Waals surface area (Å²) in [5, 5.41) is 9.33. The molecule has 1 aromatic carbocycles. The molecule has 3 nitrogen and oxygen atoms in total. The second-order valence-corrected chi connectivity index (χ2v) is 4.78. The molecule has 1 fully saturated rings. The third-order valence-electron chi connectivity index (χ3n) is 3.53. The van der Waals surface area contributed by atoms with Crippen LogP contribution in [-0.4, -0.2) is 6.79 Å². The van der Waals surface area contributed by atoms with Gasteiger partial charge < -0.3 is 9.47 Å². The average molecular weight is 215 g/mol. The zero-order valence-corrected chi connectivity index (χ0v) is 9.19. The summed E-state index contributed by atoms with van der Waals surface area (Å²) in [6.07, 6.45) is 1.90. The maximum Gasteiger partial charge on any atom is 0.231 e. The Hall–Kier alpha value is -1.69. The molecule has 0 saturated heterocycles. The number of hydrogen-bond acceptors (Lipinski definition) is 3. The highest BCUT2D eigenvalue weighted by Gasteiger charge is 2.44. The first-order chi connectivity index (χ1) is 7.73. The van der Waals surface area contributed by atoms with Crippen LogP contribution in [0.15, 0.2) is 18.2 Å². The third kappa shape index (κ3) is 1.19. The van der Waals surface area contributed by atoms with Crippen LogP contribution in [0.25, 0.3) is 0 Å². The summed E-state index contributed by atoms with van der Waals surface area (Å²) < 4.78 is 10.6. The van der Waals surface area contributed by atoms with Crippen LogP contribution in [-0.2, 0) is 5.41 Å². The molecule has 0 aromatic heterocycles. The molecule has 0 unspecified atom stereocenters. The highest BCUT2D eigenvalue weighted by atomic mass is 16.7. The number of fused-ring (bicyclic) bond motifs is 1. The molecule has 0 bridgehead atoms. The monoisotopic (exact) mass is 215 g/mol. The van der Waals surface area contributed by atoms with E-state index in [0.717, 1.165) is 29.9 Å². The van der Waals surface area contributed by atoms with Gasteiger partial charge in [-0.3, -0.25) is 0 Å². The van der Waals surface area contributed by atoms with E-state index in [4.69, 9.17) is 9.47 Å². The van der Waals surface area contributed by atoms with Crippen molar-refractivity contribution in [2.24, 2.45) is 5.92 Å². The van der Waals surface area contributed by atoms with Gasteiger partial charge in [0.2, 0.25) is 6.79 Å². The van der Waals surface area contributed by atoms with E-state index >= 15 is 0 Å². The molecule has 3 heteroatoms. The predicted octanol–water partition coefficient (Wildman–Crippen LogP) is 2.61. The lowest BCUT2D eigenvalue weighted by Crippen LogP contribution is -2.38. The molecule has 3 rings (SSSR count). The summed E-state index contributed by atoms with van der Waals surface area (Å²) >= 11 is 0. The van der Waals surface area contributed by atoms with Crippen molar-refractivity contribution in [2.45, 2.75) is 25.2 Å². The fraction of sp³-hybridized carbons (Fsp3) is 0.462. The Morgan fingerprint density at radius 2 is 2.06 bits per heavy atom. The molecule has 16 heavy (non-hydrogen) atoms. The Balaban J connectivity index is 1.98. The van der Waals surface area contributed by atoms with Crippen LogP contribution >= 0.6 is 0 Å². The van der Waals surface area contributed by atoms with Gasteiger partial charge in [0.1, 0.15) is 0 Å². The maximum atomic E-state index is 9.33. The third-order valence-corrected chi connectivity index (χ3v) is 3.53. The molecule has 1 saturated carbocycles. The van der Waals surface area contributed by atoms with Gasteiger partial charge in [0.05, 0.1) is 11.5 Å². The largest absolute Gasteiger partial charge is 0.454 e. The zero-order valence-electron chi connectivity index (χ0n) is 9.19. The average Bonchev–Trinajstić information content (AvgIpc) is 2.71. The summed E-state index contributed by atoms with van der Waals surface area (Å²) in [5.74, 6) is 2.20. The van der Waals surface area contributed by atoms with Crippen molar-refractivity contribution in [3.63, 3.8) is 0 Å². The molecule has 0 radical (unpaired) electrons. The minimum atomic E-state index is -0.291. The molecule has 0 N–H and O–H groups in total. The first kappa shape index (κ1) is 9.53. The quantitative estimate of drug-likeness (QED) is 0.723. The van der Waals surface area contributed by atoms with Gasteiger partial charge in [0.15, 0.2) is 11.5 Å². The van der Waals surface area contributed by atoms with E-state index in [1.165, 1.54) is 0 Å². The fourth-order valence-electron chi connectivity index (χ4n) is 2.72. The summed E-state index contributed by atoms with van der Waals surface area (Å²) in [4.78, 5) is 0. The van der Waals surface area contributed by atoms with Gasteiger partial charge in [-0.1, -0.05) is 13.0 Å². The van der Waals surface area contributed by atoms with E-state index in [1.807, 2.05) is 18.2 Å². The van der Waals surface area contributed by atoms with Crippen molar-refractivity contribution in [3.8, 4) is 17.6 Å². The summed E-state index contributed by atoms with van der Waals surface area (Å²) in [6, 6.07) is 8.30. The smallest absolute Gasteiger partial charge is 0.231 e. The summed E-state index contributed by atoms with van der Waals surface area (Å²) in [6.45, 7) is 2.47. The van der Waals surface area contributed by atoms with Crippen LogP contribution in [0.4, 0.5) is 0 Å². The molecule has 1 aliphatic carbocycles. The second kappa shape index (κ2) is 3.15. The zero-order chi connectivity index (χ0) is 11.2. The van der Waals surface area contributed by atoms with Crippen molar-refractivity contribution < 1.29 is 9.47 Å². The van der Waals surface area contributed by atoms with E-state index in [0.29, 0.717) is 5.92 Å². The highest BCUT2D eigenvalue weighted by Crippen LogP contribution is 2.49. The summed E-state index contributed by atoms with van der Waals surface area (Å²) in [7, 11) is 0. The topological polar surface area (TPSA) is 42.2 Å². The Morgan fingerprint density at radius 1 is 1.31 bits per heavy atom. The van der Waals surface area contributed by atoms with Crippen molar-refractivity contribution >= 4 is 0 Å². The van der Waals surface area contributed by atoms with E-state index in [9.17, 15) is 5.26 Å². The first-order valence-corrected chi connectivity index (χ1v) is 5.55. The second-order valence-electron chi connectivity index (χ2n) is 4.78. The van der Waals surface area contributed by atoms with E-state index in [-0.39, 0.29) is 12.2 Å². The van der Waals surface area contributed by atoms with Gasteiger partial charge in [-0.05, 0) is 36.5 Å². The Kier molecular flexibility index (Phi) is 1.88. The van der Waals surface area contributed by atoms with Gasteiger partial charge >= 0.3 is 0 Å². The van der Waals surface area contributed by atoms with Crippen LogP contribution in [0.5, 0.6) is 11.5 Å². The van der Waals surface area contributed by atoms with Crippen LogP contribution in [0.1, 0.15) is 25.3 Å². The van der Waals surface area contributed by atoms with E-state index < -0.39 is 0 Å². The van der Waals surface area contributed by atoms with Gasteiger partial charge in [-0.25, -0.2) is 0 Å². The molecular weight excluding hydrogens is 202 g/mol. The minimum absolute atomic E-state index is 0.286. The SMILES string of the molecule is CC1CC(C#N)(c2ccc3c(c2)OCO3)C1. The van der Waals surface area contributed by atoms with Crippen LogP contribution in [0.2, 0.25) is 0 Å². The molecule has 0 spiro atoms. The van der Waals surface area contributed by atoms with Crippen molar-refractivity contribution in [1.29, 1.82) is 5.26 Å². The lowest BCUT2D eigenvalue weighted by molar-refractivity contribution is 0.173. The Labute approximate surface area is 94.6 Å². The molecule has 2 aliphatic rings. The first-order valence-electron chi connectivity index (χ1n) is 5.55. The lowest BCUT2D eigenvalue weighted by Gasteiger charge is -2.41. The van der Waals surface area contributed by atoms with Gasteiger partial charge in [-0.15, -0.1) is 0 Å². The van der Waals surface area contributed by atoms with E-state index in [2.05, 4.69) is 13.0 Å². The Bertz CT molecular complexity index is 469. The van der Waals surface area contributed by atoms with Gasteiger partial charge in [0, 0.05) is 0 Å². The maximum absolute atomic E-state index is 9.33. The molecule has 0 amide bonds. The molecule has 1 heterocycles. The number of nitriles is 1. The van der Waals surface area contributed by atoms with Crippen molar-refractivity contribution in [1.82, 2.24) is 0 Å². The standard InChI is InChI=1S/C13H13NO2/c1-9-5-13(6-9,7-14)10-2-3-11-12(4-10)16-8-15-11/h2-4,9H,5-6,8H2,1H3. The molecule has 1 aromatic rings. The molecule has 1 aliphatic heterocycles. The lowest BCUT2D eigenvalue weighted by atomic mass is 9.60. The fourth-order valence-corrected chi connectivity index (χ4v) is 2.72. The van der Waals surface area contributed by atoms with Crippen molar-refractivity contribution in [3.05, 3.63) is 23.8 Å². The number of rotatable bonds is 1. The van der Waals surface area contributed by atoms with Crippen LogP contribution in [0, 0.1) is 17.2 Å².